The predicted molar refractivity (Wildman–Crippen MR) is 101 cm³/mol. The van der Waals surface area contributed by atoms with Crippen LogP contribution < -0.4 is 19.5 Å². The van der Waals surface area contributed by atoms with Gasteiger partial charge in [-0.05, 0) is 25.1 Å². The largest absolute Gasteiger partial charge is 0.496 e. The fourth-order valence-electron chi connectivity index (χ4n) is 2.48. The van der Waals surface area contributed by atoms with Crippen LogP contribution in [0.3, 0.4) is 0 Å². The van der Waals surface area contributed by atoms with E-state index in [4.69, 9.17) is 18.9 Å². The second kappa shape index (κ2) is 9.38. The first-order valence-electron chi connectivity index (χ1n) is 8.59. The molecule has 1 atom stereocenters. The normalized spacial score (nSPS) is 12.0. The van der Waals surface area contributed by atoms with Crippen LogP contribution in [-0.2, 0) is 15.7 Å². The van der Waals surface area contributed by atoms with E-state index in [2.05, 4.69) is 5.32 Å². The van der Waals surface area contributed by atoms with Crippen LogP contribution in [0.2, 0.25) is 0 Å². The summed E-state index contributed by atoms with van der Waals surface area (Å²) in [6, 6.07) is 6.86. The lowest BCUT2D eigenvalue weighted by Crippen LogP contribution is -2.30. The number of alkyl halides is 3. The summed E-state index contributed by atoms with van der Waals surface area (Å²) in [6.07, 6.45) is -5.85. The number of carbonyl (C=O) groups excluding carboxylic acids is 2. The minimum Gasteiger partial charge on any atom is -0.496 e. The third kappa shape index (κ3) is 5.34. The van der Waals surface area contributed by atoms with Gasteiger partial charge in [0.1, 0.15) is 11.3 Å². The van der Waals surface area contributed by atoms with Crippen LogP contribution in [0.4, 0.5) is 18.9 Å². The number of carbonyl (C=O) groups is 2. The number of anilines is 1. The van der Waals surface area contributed by atoms with Crippen LogP contribution in [-0.4, -0.2) is 39.3 Å². The molecule has 0 saturated carbocycles. The van der Waals surface area contributed by atoms with Crippen molar-refractivity contribution in [2.75, 3.05) is 26.6 Å². The van der Waals surface area contributed by atoms with Gasteiger partial charge in [-0.3, -0.25) is 4.79 Å². The number of nitrogens with one attached hydrogen (secondary N) is 1. The first-order valence-corrected chi connectivity index (χ1v) is 8.59. The Morgan fingerprint density at radius 1 is 0.933 bits per heavy atom. The molecular weight excluding hydrogens is 407 g/mol. The van der Waals surface area contributed by atoms with Gasteiger partial charge in [-0.25, -0.2) is 4.79 Å². The molecule has 0 bridgehead atoms. The van der Waals surface area contributed by atoms with Crippen molar-refractivity contribution in [2.45, 2.75) is 19.2 Å². The summed E-state index contributed by atoms with van der Waals surface area (Å²) in [7, 11) is 4.13. The molecule has 1 N–H and O–H groups in total. The molecule has 0 heterocycles. The Bertz CT molecular complexity index is 929. The number of rotatable bonds is 7. The van der Waals surface area contributed by atoms with Gasteiger partial charge in [0.05, 0.1) is 26.9 Å². The van der Waals surface area contributed by atoms with Gasteiger partial charge in [0.25, 0.3) is 5.91 Å². The standard InChI is InChI=1S/C20H20F3NO6/c1-11(18(25)24-13-7-5-6-12(8-13)20(21,22)23)30-19(26)14-9-16(28-3)17(29-4)10-15(14)27-2/h5-11H,1-4H3,(H,24,25)/t11-/m1/s1. The van der Waals surface area contributed by atoms with E-state index in [0.717, 1.165) is 18.2 Å². The molecule has 2 aromatic rings. The van der Waals surface area contributed by atoms with Crippen LogP contribution in [0.5, 0.6) is 17.2 Å². The summed E-state index contributed by atoms with van der Waals surface area (Å²) >= 11 is 0. The summed E-state index contributed by atoms with van der Waals surface area (Å²) in [5, 5.41) is 2.29. The highest BCUT2D eigenvalue weighted by Gasteiger charge is 2.31. The molecule has 30 heavy (non-hydrogen) atoms. The number of amides is 1. The van der Waals surface area contributed by atoms with Crippen molar-refractivity contribution in [3.63, 3.8) is 0 Å². The molecule has 162 valence electrons. The number of ether oxygens (including phenoxy) is 4. The van der Waals surface area contributed by atoms with E-state index in [9.17, 15) is 22.8 Å². The number of esters is 1. The van der Waals surface area contributed by atoms with Gasteiger partial charge in [-0.2, -0.15) is 13.2 Å². The zero-order valence-electron chi connectivity index (χ0n) is 16.6. The lowest BCUT2D eigenvalue weighted by Gasteiger charge is -2.17. The fraction of sp³-hybridized carbons (Fsp3) is 0.300. The summed E-state index contributed by atoms with van der Waals surface area (Å²) in [6.45, 7) is 1.29. The summed E-state index contributed by atoms with van der Waals surface area (Å²) in [4.78, 5) is 24.8. The number of hydrogen-bond donors (Lipinski definition) is 1. The molecule has 0 aliphatic carbocycles. The number of benzene rings is 2. The van der Waals surface area contributed by atoms with E-state index in [1.165, 1.54) is 46.5 Å². The molecular formula is C20H20F3NO6. The van der Waals surface area contributed by atoms with Gasteiger partial charge in [0, 0.05) is 17.8 Å². The molecule has 7 nitrogen and oxygen atoms in total. The molecule has 0 spiro atoms. The van der Waals surface area contributed by atoms with Crippen molar-refractivity contribution >= 4 is 17.6 Å². The van der Waals surface area contributed by atoms with Crippen molar-refractivity contribution in [1.29, 1.82) is 0 Å². The second-order valence-corrected chi connectivity index (χ2v) is 6.02. The average molecular weight is 427 g/mol. The van der Waals surface area contributed by atoms with Crippen molar-refractivity contribution in [3.05, 3.63) is 47.5 Å². The maximum atomic E-state index is 12.8. The van der Waals surface area contributed by atoms with E-state index < -0.39 is 29.7 Å². The molecule has 10 heteroatoms. The Morgan fingerprint density at radius 2 is 1.53 bits per heavy atom. The molecule has 0 saturated heterocycles. The summed E-state index contributed by atoms with van der Waals surface area (Å²) in [5.41, 5.74) is -1.02. The lowest BCUT2D eigenvalue weighted by molar-refractivity contribution is -0.137. The molecule has 2 rings (SSSR count). The quantitative estimate of drug-likeness (QED) is 0.675. The van der Waals surface area contributed by atoms with Crippen molar-refractivity contribution in [3.8, 4) is 17.2 Å². The maximum Gasteiger partial charge on any atom is 0.416 e. The van der Waals surface area contributed by atoms with E-state index in [-0.39, 0.29) is 22.7 Å². The highest BCUT2D eigenvalue weighted by molar-refractivity contribution is 5.98. The summed E-state index contributed by atoms with van der Waals surface area (Å²) < 4.78 is 58.9. The SMILES string of the molecule is COc1cc(OC)c(C(=O)O[C@H](C)C(=O)Nc2cccc(C(F)(F)F)c2)cc1OC. The van der Waals surface area contributed by atoms with Crippen LogP contribution in [0.1, 0.15) is 22.8 Å². The molecule has 0 radical (unpaired) electrons. The highest BCUT2D eigenvalue weighted by Crippen LogP contribution is 2.35. The van der Waals surface area contributed by atoms with Gasteiger partial charge >= 0.3 is 12.1 Å². The smallest absolute Gasteiger partial charge is 0.416 e. The first-order chi connectivity index (χ1) is 14.1. The van der Waals surface area contributed by atoms with Gasteiger partial charge < -0.3 is 24.3 Å². The summed E-state index contributed by atoms with van der Waals surface area (Å²) in [5.74, 6) is -1.00. The predicted octanol–water partition coefficient (Wildman–Crippen LogP) is 3.92. The van der Waals surface area contributed by atoms with Crippen molar-refractivity contribution < 1.29 is 41.7 Å². The van der Waals surface area contributed by atoms with Crippen molar-refractivity contribution in [1.82, 2.24) is 0 Å². The molecule has 0 aromatic heterocycles. The Hall–Kier alpha value is -3.43. The lowest BCUT2D eigenvalue weighted by atomic mass is 10.1. The second-order valence-electron chi connectivity index (χ2n) is 6.02. The molecule has 2 aromatic carbocycles. The van der Waals surface area contributed by atoms with Crippen molar-refractivity contribution in [2.24, 2.45) is 0 Å². The minimum atomic E-state index is -4.55. The first kappa shape index (κ1) is 22.9. The highest BCUT2D eigenvalue weighted by atomic mass is 19.4. The van der Waals surface area contributed by atoms with Gasteiger partial charge in [-0.15, -0.1) is 0 Å². The molecule has 0 fully saturated rings. The van der Waals surface area contributed by atoms with Gasteiger partial charge in [-0.1, -0.05) is 6.07 Å². The van der Waals surface area contributed by atoms with Crippen LogP contribution >= 0.6 is 0 Å². The maximum absolute atomic E-state index is 12.8. The number of halogens is 3. The Morgan fingerprint density at radius 3 is 2.10 bits per heavy atom. The van der Waals surface area contributed by atoms with E-state index in [1.54, 1.807) is 0 Å². The fourth-order valence-corrected chi connectivity index (χ4v) is 2.48. The van der Waals surface area contributed by atoms with E-state index >= 15 is 0 Å². The number of hydrogen-bond acceptors (Lipinski definition) is 6. The van der Waals surface area contributed by atoms with Crippen LogP contribution in [0.15, 0.2) is 36.4 Å². The van der Waals surface area contributed by atoms with E-state index in [1.807, 2.05) is 0 Å². The average Bonchev–Trinajstić information content (AvgIpc) is 2.71. The molecule has 0 aliphatic heterocycles. The third-order valence-electron chi connectivity index (χ3n) is 4.04. The zero-order chi connectivity index (χ0) is 22.5. The third-order valence-corrected chi connectivity index (χ3v) is 4.04. The topological polar surface area (TPSA) is 83.1 Å². The Balaban J connectivity index is 2.15. The number of methoxy groups -OCH3 is 3. The Kier molecular flexibility index (Phi) is 7.14. The molecule has 0 unspecified atom stereocenters. The van der Waals surface area contributed by atoms with Crippen LogP contribution in [0.25, 0.3) is 0 Å². The monoisotopic (exact) mass is 427 g/mol. The van der Waals surface area contributed by atoms with Gasteiger partial charge in [0.15, 0.2) is 17.6 Å². The molecule has 1 amide bonds. The zero-order valence-corrected chi connectivity index (χ0v) is 16.6. The minimum absolute atomic E-state index is 0.0196. The molecule has 0 aliphatic rings. The van der Waals surface area contributed by atoms with E-state index in [0.29, 0.717) is 5.75 Å². The Labute approximate surface area is 170 Å². The van der Waals surface area contributed by atoms with Crippen LogP contribution in [0, 0.1) is 0 Å². The van der Waals surface area contributed by atoms with Gasteiger partial charge in [0.2, 0.25) is 0 Å².